The van der Waals surface area contributed by atoms with E-state index in [9.17, 15) is 4.79 Å². The Kier molecular flexibility index (Phi) is 2.31. The molecular weight excluding hydrogens is 236 g/mol. The highest BCUT2D eigenvalue weighted by molar-refractivity contribution is 5.98. The van der Waals surface area contributed by atoms with E-state index in [1.165, 1.54) is 19.3 Å². The molecule has 0 unspecified atom stereocenters. The summed E-state index contributed by atoms with van der Waals surface area (Å²) in [5, 5.41) is 0. The second-order valence-corrected chi connectivity index (χ2v) is 7.38. The summed E-state index contributed by atoms with van der Waals surface area (Å²) in [6.45, 7) is 3.97. The summed E-state index contributed by atoms with van der Waals surface area (Å²) in [7, 11) is 0. The zero-order valence-corrected chi connectivity index (χ0v) is 11.9. The lowest BCUT2D eigenvalue weighted by Gasteiger charge is -2.55. The minimum Gasteiger partial charge on any atom is -0.458 e. The Bertz CT molecular complexity index is 483. The van der Waals surface area contributed by atoms with Gasteiger partial charge in [0.15, 0.2) is 5.76 Å². The molecule has 19 heavy (non-hydrogen) atoms. The third-order valence-corrected chi connectivity index (χ3v) is 5.91. The summed E-state index contributed by atoms with van der Waals surface area (Å²) in [6.07, 6.45) is 7.50. The Morgan fingerprint density at radius 2 is 1.63 bits per heavy atom. The van der Waals surface area contributed by atoms with E-state index in [4.69, 9.17) is 4.42 Å². The maximum Gasteiger partial charge on any atom is 0.204 e. The number of aryl methyl sites for hydroxylation is 2. The fraction of sp³-hybridized carbons (Fsp3) is 0.706. The van der Waals surface area contributed by atoms with Gasteiger partial charge in [-0.1, -0.05) is 0 Å². The smallest absolute Gasteiger partial charge is 0.204 e. The molecule has 102 valence electrons. The quantitative estimate of drug-likeness (QED) is 0.740. The topological polar surface area (TPSA) is 30.2 Å². The number of rotatable bonds is 2. The van der Waals surface area contributed by atoms with Crippen molar-refractivity contribution in [1.82, 2.24) is 0 Å². The zero-order valence-electron chi connectivity index (χ0n) is 11.9. The normalized spacial score (nSPS) is 39.8. The van der Waals surface area contributed by atoms with E-state index >= 15 is 0 Å². The number of carbonyl (C=O) groups excluding carboxylic acids is 1. The molecule has 4 fully saturated rings. The molecule has 4 aliphatic carbocycles. The van der Waals surface area contributed by atoms with Gasteiger partial charge in [0, 0.05) is 5.41 Å². The van der Waals surface area contributed by atoms with Gasteiger partial charge in [0.2, 0.25) is 5.78 Å². The van der Waals surface area contributed by atoms with Crippen molar-refractivity contribution in [3.05, 3.63) is 23.2 Å². The highest BCUT2D eigenvalue weighted by Crippen LogP contribution is 2.61. The molecule has 2 heteroatoms. The maximum absolute atomic E-state index is 13.0. The molecule has 5 rings (SSSR count). The van der Waals surface area contributed by atoms with Crippen molar-refractivity contribution in [2.45, 2.75) is 52.4 Å². The molecule has 4 aliphatic rings. The summed E-state index contributed by atoms with van der Waals surface area (Å²) < 4.78 is 5.72. The molecule has 0 aliphatic heterocycles. The van der Waals surface area contributed by atoms with E-state index in [2.05, 4.69) is 0 Å². The van der Waals surface area contributed by atoms with Crippen molar-refractivity contribution in [2.75, 3.05) is 0 Å². The van der Waals surface area contributed by atoms with Gasteiger partial charge in [0.1, 0.15) is 5.76 Å². The van der Waals surface area contributed by atoms with Crippen molar-refractivity contribution < 1.29 is 9.21 Å². The molecule has 0 atom stereocenters. The highest BCUT2D eigenvalue weighted by atomic mass is 16.3. The summed E-state index contributed by atoms with van der Waals surface area (Å²) >= 11 is 0. The highest BCUT2D eigenvalue weighted by Gasteiger charge is 2.55. The van der Waals surface area contributed by atoms with E-state index in [0.29, 0.717) is 11.5 Å². The standard InChI is InChI=1S/C17H22O2/c1-10-3-15(19-11(10)2)16(18)17-7-12-4-13(8-17)6-14(5-12)9-17/h3,12-14H,4-9H2,1-2H3. The van der Waals surface area contributed by atoms with Gasteiger partial charge in [-0.3, -0.25) is 4.79 Å². The minimum absolute atomic E-state index is 0.0640. The van der Waals surface area contributed by atoms with Gasteiger partial charge in [-0.25, -0.2) is 0 Å². The lowest BCUT2D eigenvalue weighted by Crippen LogP contribution is -2.49. The van der Waals surface area contributed by atoms with Crippen LogP contribution >= 0.6 is 0 Å². The molecule has 0 saturated heterocycles. The Morgan fingerprint density at radius 1 is 1.11 bits per heavy atom. The molecule has 0 N–H and O–H groups in total. The fourth-order valence-electron chi connectivity index (χ4n) is 5.34. The van der Waals surface area contributed by atoms with Crippen LogP contribution in [-0.4, -0.2) is 5.78 Å². The Balaban J connectivity index is 1.69. The Labute approximate surface area is 114 Å². The van der Waals surface area contributed by atoms with Gasteiger partial charge in [-0.2, -0.15) is 0 Å². The van der Waals surface area contributed by atoms with Crippen molar-refractivity contribution in [1.29, 1.82) is 0 Å². The second kappa shape index (κ2) is 3.74. The molecule has 0 radical (unpaired) electrons. The number of Topliss-reactive ketones (excluding diaryl/α,β-unsaturated/α-hetero) is 1. The number of furan rings is 1. The molecule has 2 nitrogen and oxygen atoms in total. The first-order valence-electron chi connectivity index (χ1n) is 7.67. The monoisotopic (exact) mass is 258 g/mol. The van der Waals surface area contributed by atoms with Crippen LogP contribution in [0.1, 0.15) is 60.4 Å². The van der Waals surface area contributed by atoms with Crippen LogP contribution in [0.3, 0.4) is 0 Å². The van der Waals surface area contributed by atoms with Crippen molar-refractivity contribution >= 4 is 5.78 Å². The van der Waals surface area contributed by atoms with Gasteiger partial charge in [-0.05, 0) is 81.8 Å². The summed E-state index contributed by atoms with van der Waals surface area (Å²) in [4.78, 5) is 13.0. The third kappa shape index (κ3) is 1.65. The number of carbonyl (C=O) groups is 1. The summed E-state index contributed by atoms with van der Waals surface area (Å²) in [5.74, 6) is 4.26. The first kappa shape index (κ1) is 11.7. The van der Waals surface area contributed by atoms with Crippen LogP contribution < -0.4 is 0 Å². The molecule has 4 bridgehead atoms. The summed E-state index contributed by atoms with van der Waals surface area (Å²) in [5.41, 5.74) is 1.04. The predicted molar refractivity (Wildman–Crippen MR) is 73.1 cm³/mol. The number of hydrogen-bond donors (Lipinski definition) is 0. The largest absolute Gasteiger partial charge is 0.458 e. The van der Waals surface area contributed by atoms with Crippen LogP contribution in [0.15, 0.2) is 10.5 Å². The molecule has 0 amide bonds. The van der Waals surface area contributed by atoms with Crippen LogP contribution in [0.5, 0.6) is 0 Å². The van der Waals surface area contributed by atoms with E-state index in [1.54, 1.807) is 0 Å². The third-order valence-electron chi connectivity index (χ3n) is 5.91. The van der Waals surface area contributed by atoms with Crippen LogP contribution in [0.2, 0.25) is 0 Å². The lowest BCUT2D eigenvalue weighted by atomic mass is 9.48. The molecule has 0 aromatic carbocycles. The SMILES string of the molecule is Cc1cc(C(=O)C23CC4CC(CC(C4)C2)C3)oc1C. The van der Waals surface area contributed by atoms with Gasteiger partial charge < -0.3 is 4.42 Å². The zero-order chi connectivity index (χ0) is 13.2. The van der Waals surface area contributed by atoms with E-state index in [1.807, 2.05) is 19.9 Å². The van der Waals surface area contributed by atoms with Gasteiger partial charge in [0.25, 0.3) is 0 Å². The van der Waals surface area contributed by atoms with E-state index in [-0.39, 0.29) is 5.41 Å². The molecular formula is C17H22O2. The van der Waals surface area contributed by atoms with Crippen LogP contribution in [0.4, 0.5) is 0 Å². The number of ketones is 1. The lowest BCUT2D eigenvalue weighted by molar-refractivity contribution is -0.0365. The van der Waals surface area contributed by atoms with Gasteiger partial charge in [0.05, 0.1) is 0 Å². The summed E-state index contributed by atoms with van der Waals surface area (Å²) in [6, 6.07) is 1.95. The van der Waals surface area contributed by atoms with Crippen molar-refractivity contribution in [3.63, 3.8) is 0 Å². The van der Waals surface area contributed by atoms with Gasteiger partial charge in [-0.15, -0.1) is 0 Å². The van der Waals surface area contributed by atoms with Crippen LogP contribution in [0.25, 0.3) is 0 Å². The molecule has 4 saturated carbocycles. The second-order valence-electron chi connectivity index (χ2n) is 7.38. The molecule has 1 heterocycles. The average Bonchev–Trinajstić information content (AvgIpc) is 2.67. The van der Waals surface area contributed by atoms with Crippen LogP contribution in [0, 0.1) is 37.0 Å². The van der Waals surface area contributed by atoms with Crippen molar-refractivity contribution in [3.8, 4) is 0 Å². The Morgan fingerprint density at radius 3 is 2.05 bits per heavy atom. The minimum atomic E-state index is -0.0640. The first-order chi connectivity index (χ1) is 9.06. The van der Waals surface area contributed by atoms with E-state index < -0.39 is 0 Å². The molecule has 0 spiro atoms. The fourth-order valence-corrected chi connectivity index (χ4v) is 5.34. The Hall–Kier alpha value is -1.05. The average molecular weight is 258 g/mol. The molecule has 1 aromatic rings. The predicted octanol–water partition coefficient (Wildman–Crippen LogP) is 4.30. The van der Waals surface area contributed by atoms with Crippen LogP contribution in [-0.2, 0) is 0 Å². The number of hydrogen-bond acceptors (Lipinski definition) is 2. The van der Waals surface area contributed by atoms with Gasteiger partial charge >= 0.3 is 0 Å². The first-order valence-corrected chi connectivity index (χ1v) is 7.67. The molecule has 1 aromatic heterocycles. The van der Waals surface area contributed by atoms with E-state index in [0.717, 1.165) is 48.3 Å². The maximum atomic E-state index is 13.0. The van der Waals surface area contributed by atoms with Crippen molar-refractivity contribution in [2.24, 2.45) is 23.2 Å².